The Bertz CT molecular complexity index is 801. The molecular weight excluding hydrogens is 556 g/mol. The van der Waals surface area contributed by atoms with Crippen LogP contribution < -0.4 is 0 Å². The van der Waals surface area contributed by atoms with Crippen molar-refractivity contribution >= 4 is 5.97 Å². The first-order valence-corrected chi connectivity index (χ1v) is 18.6. The van der Waals surface area contributed by atoms with Gasteiger partial charge in [0.05, 0.1) is 42.7 Å². The molecule has 44 heavy (non-hydrogen) atoms. The van der Waals surface area contributed by atoms with E-state index in [0.29, 0.717) is 12.0 Å². The van der Waals surface area contributed by atoms with Crippen LogP contribution in [0.4, 0.5) is 0 Å². The Hall–Kier alpha value is -0.990. The number of hydrogen-bond acceptors (Lipinski definition) is 7. The zero-order chi connectivity index (χ0) is 31.6. The van der Waals surface area contributed by atoms with Gasteiger partial charge in [-0.05, 0) is 57.9 Å². The van der Waals surface area contributed by atoms with Crippen molar-refractivity contribution in [2.45, 2.75) is 217 Å². The highest BCUT2D eigenvalue weighted by atomic mass is 16.6. The molecular formula is C37H66O7. The molecule has 0 aromatic carbocycles. The summed E-state index contributed by atoms with van der Waals surface area (Å²) in [5.74, 6) is -0.281. The van der Waals surface area contributed by atoms with Crippen LogP contribution in [0.2, 0.25) is 0 Å². The number of carbonyl (C=O) groups is 1. The zero-order valence-corrected chi connectivity index (χ0v) is 28.1. The number of ether oxygens (including phenoxy) is 3. The molecule has 8 atom stereocenters. The van der Waals surface area contributed by atoms with Gasteiger partial charge in [-0.3, -0.25) is 0 Å². The Balaban J connectivity index is 1.13. The fraction of sp³-hybridized carbons (Fsp3) is 0.919. The quantitative estimate of drug-likeness (QED) is 0.0703. The molecule has 3 N–H and O–H groups in total. The summed E-state index contributed by atoms with van der Waals surface area (Å²) in [5.41, 5.74) is 0.617. The standard InChI is InChI=1S/C37H66O7/c1-3-4-5-6-7-11-14-17-20-31(39)33-22-24-35(43-33)36-25-23-34(44-36)32(40)21-18-15-12-9-8-10-13-16-19-30(38)27-29-26-28(2)42-37(29)41/h26,28,30-36,38-40H,3-25,27H2,1-2H3/t28-,30+,31-,32-,33+,34+,35+,36+/m0/s1. The van der Waals surface area contributed by atoms with E-state index < -0.39 is 12.2 Å². The summed E-state index contributed by atoms with van der Waals surface area (Å²) in [6, 6.07) is 0. The Morgan fingerprint density at radius 2 is 1.09 bits per heavy atom. The molecule has 256 valence electrons. The molecule has 0 saturated carbocycles. The van der Waals surface area contributed by atoms with E-state index in [4.69, 9.17) is 14.2 Å². The van der Waals surface area contributed by atoms with E-state index in [1.807, 2.05) is 13.0 Å². The lowest BCUT2D eigenvalue weighted by molar-refractivity contribution is -0.139. The van der Waals surface area contributed by atoms with Crippen LogP contribution in [-0.4, -0.2) is 70.1 Å². The molecule has 3 heterocycles. The van der Waals surface area contributed by atoms with Crippen LogP contribution in [0, 0.1) is 0 Å². The fourth-order valence-corrected chi connectivity index (χ4v) is 7.28. The van der Waals surface area contributed by atoms with Gasteiger partial charge >= 0.3 is 5.97 Å². The lowest BCUT2D eigenvalue weighted by Crippen LogP contribution is -2.33. The Labute approximate surface area is 268 Å². The van der Waals surface area contributed by atoms with E-state index in [2.05, 4.69) is 6.92 Å². The van der Waals surface area contributed by atoms with Gasteiger partial charge < -0.3 is 29.5 Å². The van der Waals surface area contributed by atoms with Gasteiger partial charge in [0.1, 0.15) is 6.10 Å². The van der Waals surface area contributed by atoms with E-state index in [0.717, 1.165) is 77.0 Å². The topological polar surface area (TPSA) is 105 Å². The molecule has 2 fully saturated rings. The van der Waals surface area contributed by atoms with E-state index in [-0.39, 0.29) is 42.6 Å². The summed E-state index contributed by atoms with van der Waals surface area (Å²) in [6.45, 7) is 4.09. The molecule has 3 aliphatic rings. The predicted molar refractivity (Wildman–Crippen MR) is 175 cm³/mol. The minimum atomic E-state index is -0.463. The summed E-state index contributed by atoms with van der Waals surface area (Å²) in [4.78, 5) is 11.7. The minimum Gasteiger partial charge on any atom is -0.455 e. The van der Waals surface area contributed by atoms with Gasteiger partial charge in [0.25, 0.3) is 0 Å². The molecule has 0 aromatic rings. The highest BCUT2D eigenvalue weighted by Gasteiger charge is 2.40. The monoisotopic (exact) mass is 622 g/mol. The molecule has 7 heteroatoms. The van der Waals surface area contributed by atoms with Gasteiger partial charge in [0.2, 0.25) is 0 Å². The number of aliphatic hydroxyl groups is 3. The Kier molecular flexibility index (Phi) is 18.5. The second-order valence-corrected chi connectivity index (χ2v) is 14.0. The lowest BCUT2D eigenvalue weighted by atomic mass is 10.00. The second kappa shape index (κ2) is 21.7. The van der Waals surface area contributed by atoms with Crippen molar-refractivity contribution in [2.24, 2.45) is 0 Å². The van der Waals surface area contributed by atoms with Crippen molar-refractivity contribution in [3.8, 4) is 0 Å². The number of carbonyl (C=O) groups excluding carboxylic acids is 1. The van der Waals surface area contributed by atoms with Crippen molar-refractivity contribution in [3.63, 3.8) is 0 Å². The largest absolute Gasteiger partial charge is 0.455 e. The summed E-state index contributed by atoms with van der Waals surface area (Å²) in [5, 5.41) is 31.6. The maximum atomic E-state index is 11.7. The summed E-state index contributed by atoms with van der Waals surface area (Å²) < 4.78 is 17.7. The highest BCUT2D eigenvalue weighted by Crippen LogP contribution is 2.34. The summed E-state index contributed by atoms with van der Waals surface area (Å²) >= 11 is 0. The van der Waals surface area contributed by atoms with Gasteiger partial charge in [0.15, 0.2) is 0 Å². The molecule has 0 aromatic heterocycles. The first-order valence-electron chi connectivity index (χ1n) is 18.6. The SMILES string of the molecule is CCCCCCCCCC[C@H](O)[C@H]1CC[C@H]([C@H]2CC[C@H]([C@@H](O)CCCCCCCCCC[C@@H](O)CC3=C[C@H](C)OC3=O)O2)O1. The number of unbranched alkanes of at least 4 members (excludes halogenated alkanes) is 14. The molecule has 0 spiro atoms. The van der Waals surface area contributed by atoms with Gasteiger partial charge in [-0.2, -0.15) is 0 Å². The lowest BCUT2D eigenvalue weighted by Gasteiger charge is -2.24. The van der Waals surface area contributed by atoms with Crippen LogP contribution in [0.5, 0.6) is 0 Å². The Morgan fingerprint density at radius 3 is 1.52 bits per heavy atom. The summed E-state index contributed by atoms with van der Waals surface area (Å²) in [6.07, 6.45) is 26.1. The zero-order valence-electron chi connectivity index (χ0n) is 28.1. The van der Waals surface area contributed by atoms with Crippen LogP contribution in [0.25, 0.3) is 0 Å². The van der Waals surface area contributed by atoms with Gasteiger partial charge in [0, 0.05) is 12.0 Å². The molecule has 0 unspecified atom stereocenters. The third-order valence-electron chi connectivity index (χ3n) is 10.0. The van der Waals surface area contributed by atoms with E-state index in [1.54, 1.807) is 0 Å². The van der Waals surface area contributed by atoms with Crippen molar-refractivity contribution < 1.29 is 34.3 Å². The molecule has 0 radical (unpaired) electrons. The minimum absolute atomic E-state index is 0.0519. The second-order valence-electron chi connectivity index (χ2n) is 14.0. The van der Waals surface area contributed by atoms with Crippen molar-refractivity contribution in [2.75, 3.05) is 0 Å². The van der Waals surface area contributed by atoms with E-state index in [1.165, 1.54) is 70.6 Å². The molecule has 3 aliphatic heterocycles. The molecule has 3 rings (SSSR count). The first kappa shape index (κ1) is 37.5. The average Bonchev–Trinajstić information content (AvgIpc) is 3.75. The average molecular weight is 623 g/mol. The molecule has 2 saturated heterocycles. The molecule has 0 amide bonds. The van der Waals surface area contributed by atoms with Crippen LogP contribution in [0.15, 0.2) is 11.6 Å². The number of cyclic esters (lactones) is 1. The van der Waals surface area contributed by atoms with Gasteiger partial charge in [-0.15, -0.1) is 0 Å². The van der Waals surface area contributed by atoms with Gasteiger partial charge in [-0.1, -0.05) is 110 Å². The maximum Gasteiger partial charge on any atom is 0.334 e. The van der Waals surface area contributed by atoms with Crippen LogP contribution in [0.1, 0.15) is 168 Å². The predicted octanol–water partition coefficient (Wildman–Crippen LogP) is 7.86. The fourth-order valence-electron chi connectivity index (χ4n) is 7.28. The number of esters is 1. The van der Waals surface area contributed by atoms with E-state index >= 15 is 0 Å². The van der Waals surface area contributed by atoms with Crippen molar-refractivity contribution in [1.29, 1.82) is 0 Å². The van der Waals surface area contributed by atoms with Crippen LogP contribution >= 0.6 is 0 Å². The van der Waals surface area contributed by atoms with Gasteiger partial charge in [-0.25, -0.2) is 4.79 Å². The smallest absolute Gasteiger partial charge is 0.334 e. The molecule has 7 nitrogen and oxygen atoms in total. The van der Waals surface area contributed by atoms with E-state index in [9.17, 15) is 20.1 Å². The summed E-state index contributed by atoms with van der Waals surface area (Å²) in [7, 11) is 0. The number of rotatable bonds is 25. The maximum absolute atomic E-state index is 11.7. The normalized spacial score (nSPS) is 27.4. The number of hydrogen-bond donors (Lipinski definition) is 3. The number of aliphatic hydroxyl groups excluding tert-OH is 3. The van der Waals surface area contributed by atoms with Crippen molar-refractivity contribution in [3.05, 3.63) is 11.6 Å². The van der Waals surface area contributed by atoms with Crippen LogP contribution in [-0.2, 0) is 19.0 Å². The third-order valence-corrected chi connectivity index (χ3v) is 10.0. The molecule has 0 bridgehead atoms. The van der Waals surface area contributed by atoms with Crippen molar-refractivity contribution in [1.82, 2.24) is 0 Å². The third kappa shape index (κ3) is 14.2. The highest BCUT2D eigenvalue weighted by molar-refractivity contribution is 5.90. The van der Waals surface area contributed by atoms with Crippen LogP contribution in [0.3, 0.4) is 0 Å². The first-order chi connectivity index (χ1) is 21.4. The Morgan fingerprint density at radius 1 is 0.659 bits per heavy atom. The molecule has 0 aliphatic carbocycles.